The van der Waals surface area contributed by atoms with Crippen molar-refractivity contribution in [2.75, 3.05) is 19.6 Å². The quantitative estimate of drug-likeness (QED) is 0.612. The Balaban J connectivity index is 2.77. The number of hydrogen-bond acceptors (Lipinski definition) is 4. The number of hydrogen-bond donors (Lipinski definition) is 3. The minimum Gasteiger partial charge on any atom is -0.390 e. The van der Waals surface area contributed by atoms with Crippen LogP contribution in [0.2, 0.25) is 0 Å². The summed E-state index contributed by atoms with van der Waals surface area (Å²) in [5.74, 6) is -1.40. The Morgan fingerprint density at radius 1 is 1.47 bits per heavy atom. The monoisotopic (exact) mass is 283 g/mol. The number of nitrogens with zero attached hydrogens (tertiary/aromatic N) is 1. The van der Waals surface area contributed by atoms with Crippen molar-refractivity contribution in [3.8, 4) is 0 Å². The molecule has 3 amide bonds. The Bertz CT molecular complexity index is 375. The molecule has 0 aromatic carbocycles. The first-order chi connectivity index (χ1) is 8.63. The summed E-state index contributed by atoms with van der Waals surface area (Å²) in [6.45, 7) is 2.53. The van der Waals surface area contributed by atoms with Gasteiger partial charge < -0.3 is 15.7 Å². The second-order valence-corrected chi connectivity index (χ2v) is 4.43. The van der Waals surface area contributed by atoms with E-state index in [-0.39, 0.29) is 6.54 Å². The predicted molar refractivity (Wildman–Crippen MR) is 59.3 cm³/mol. The van der Waals surface area contributed by atoms with Crippen LogP contribution >= 0.6 is 0 Å². The van der Waals surface area contributed by atoms with Gasteiger partial charge in [-0.05, 0) is 13.5 Å². The molecule has 1 saturated heterocycles. The average molecular weight is 283 g/mol. The Labute approximate surface area is 107 Å². The van der Waals surface area contributed by atoms with Crippen LogP contribution in [-0.4, -0.2) is 59.4 Å². The van der Waals surface area contributed by atoms with Crippen LogP contribution < -0.4 is 10.6 Å². The van der Waals surface area contributed by atoms with Crippen LogP contribution in [0.3, 0.4) is 0 Å². The molecule has 1 heterocycles. The molecule has 1 fully saturated rings. The Morgan fingerprint density at radius 3 is 2.47 bits per heavy atom. The molecule has 0 saturated carbocycles. The minimum atomic E-state index is -4.89. The minimum absolute atomic E-state index is 0.0797. The fourth-order valence-electron chi connectivity index (χ4n) is 1.64. The van der Waals surface area contributed by atoms with Crippen molar-refractivity contribution in [1.82, 2.24) is 15.5 Å². The molecule has 9 heteroatoms. The van der Waals surface area contributed by atoms with Crippen molar-refractivity contribution in [2.45, 2.75) is 31.7 Å². The van der Waals surface area contributed by atoms with Gasteiger partial charge >= 0.3 is 12.2 Å². The maximum absolute atomic E-state index is 12.7. The number of aliphatic hydroxyl groups is 1. The summed E-state index contributed by atoms with van der Waals surface area (Å²) in [4.78, 5) is 23.5. The molecule has 1 aliphatic rings. The van der Waals surface area contributed by atoms with Gasteiger partial charge in [-0.1, -0.05) is 6.92 Å². The number of rotatable bonds is 5. The van der Waals surface area contributed by atoms with E-state index in [9.17, 15) is 27.9 Å². The van der Waals surface area contributed by atoms with E-state index >= 15 is 0 Å². The second-order valence-electron chi connectivity index (χ2n) is 4.43. The summed E-state index contributed by atoms with van der Waals surface area (Å²) >= 11 is 0. The zero-order valence-corrected chi connectivity index (χ0v) is 10.5. The van der Waals surface area contributed by atoms with Gasteiger partial charge in [0, 0.05) is 6.54 Å². The normalized spacial score (nSPS) is 25.7. The summed E-state index contributed by atoms with van der Waals surface area (Å²) < 4.78 is 38.2. The fourth-order valence-corrected chi connectivity index (χ4v) is 1.64. The Hall–Kier alpha value is -1.35. The molecule has 2 unspecified atom stereocenters. The highest BCUT2D eigenvalue weighted by molar-refractivity contribution is 6.07. The highest BCUT2D eigenvalue weighted by Gasteiger charge is 2.64. The first-order valence-electron chi connectivity index (χ1n) is 5.73. The van der Waals surface area contributed by atoms with Crippen LogP contribution in [-0.2, 0) is 4.79 Å². The van der Waals surface area contributed by atoms with Crippen molar-refractivity contribution < 1.29 is 27.9 Å². The molecule has 3 N–H and O–H groups in total. The smallest absolute Gasteiger partial charge is 0.390 e. The Kier molecular flexibility index (Phi) is 4.41. The number of likely N-dealkylation sites (N-methyl/N-ethyl adjacent to an activating group) is 1. The highest BCUT2D eigenvalue weighted by Crippen LogP contribution is 2.35. The van der Waals surface area contributed by atoms with Crippen LogP contribution in [0.15, 0.2) is 0 Å². The van der Waals surface area contributed by atoms with Crippen molar-refractivity contribution in [1.29, 1.82) is 0 Å². The van der Waals surface area contributed by atoms with Gasteiger partial charge in [-0.25, -0.2) is 4.79 Å². The summed E-state index contributed by atoms with van der Waals surface area (Å²) in [5.41, 5.74) is -2.93. The first-order valence-corrected chi connectivity index (χ1v) is 5.73. The van der Waals surface area contributed by atoms with Crippen LogP contribution in [0, 0.1) is 0 Å². The molecule has 110 valence electrons. The van der Waals surface area contributed by atoms with Gasteiger partial charge in [-0.15, -0.1) is 0 Å². The van der Waals surface area contributed by atoms with Gasteiger partial charge in [0.05, 0.1) is 12.6 Å². The molecule has 0 spiro atoms. The maximum atomic E-state index is 12.7. The number of halogens is 3. The van der Waals surface area contributed by atoms with E-state index in [2.05, 4.69) is 5.32 Å². The number of amides is 3. The average Bonchev–Trinajstić information content (AvgIpc) is 2.50. The first kappa shape index (κ1) is 15.7. The van der Waals surface area contributed by atoms with E-state index in [1.165, 1.54) is 0 Å². The summed E-state index contributed by atoms with van der Waals surface area (Å²) in [6.07, 6.45) is -6.01. The highest BCUT2D eigenvalue weighted by atomic mass is 19.4. The van der Waals surface area contributed by atoms with E-state index in [0.717, 1.165) is 0 Å². The maximum Gasteiger partial charge on any atom is 0.420 e. The van der Waals surface area contributed by atoms with Crippen LogP contribution in [0.4, 0.5) is 18.0 Å². The lowest BCUT2D eigenvalue weighted by atomic mass is 10.0. The molecule has 1 rings (SSSR count). The zero-order valence-electron chi connectivity index (χ0n) is 10.5. The number of carbonyl (C=O) groups excluding carboxylic acids is 2. The number of carbonyl (C=O) groups is 2. The van der Waals surface area contributed by atoms with Crippen molar-refractivity contribution >= 4 is 11.9 Å². The van der Waals surface area contributed by atoms with Gasteiger partial charge in [0.1, 0.15) is 0 Å². The van der Waals surface area contributed by atoms with Crippen LogP contribution in [0.5, 0.6) is 0 Å². The lowest BCUT2D eigenvalue weighted by Gasteiger charge is -2.24. The fraction of sp³-hybridized carbons (Fsp3) is 0.800. The molecule has 6 nitrogen and oxygen atoms in total. The molecule has 0 bridgehead atoms. The SMILES string of the molecule is CCNCC(O)CN1C(=O)NC(C)(C(F)(F)F)C1=O. The summed E-state index contributed by atoms with van der Waals surface area (Å²) in [7, 11) is 0. The van der Waals surface area contributed by atoms with Crippen molar-refractivity contribution in [3.63, 3.8) is 0 Å². The van der Waals surface area contributed by atoms with Crippen LogP contribution in [0.1, 0.15) is 13.8 Å². The number of imide groups is 1. The number of urea groups is 1. The second kappa shape index (κ2) is 5.33. The molecular formula is C10H16F3N3O3. The van der Waals surface area contributed by atoms with E-state index < -0.39 is 36.3 Å². The van der Waals surface area contributed by atoms with Crippen molar-refractivity contribution in [2.24, 2.45) is 0 Å². The third-order valence-electron chi connectivity index (χ3n) is 2.87. The number of alkyl halides is 3. The van der Waals surface area contributed by atoms with E-state index in [1.54, 1.807) is 12.2 Å². The van der Waals surface area contributed by atoms with Crippen LogP contribution in [0.25, 0.3) is 0 Å². The van der Waals surface area contributed by atoms with Gasteiger partial charge in [-0.2, -0.15) is 13.2 Å². The van der Waals surface area contributed by atoms with E-state index in [1.807, 2.05) is 0 Å². The largest absolute Gasteiger partial charge is 0.420 e. The zero-order chi connectivity index (χ0) is 14.8. The van der Waals surface area contributed by atoms with Gasteiger partial charge in [0.25, 0.3) is 5.91 Å². The summed E-state index contributed by atoms with van der Waals surface area (Å²) in [6, 6.07) is -1.15. The number of nitrogens with one attached hydrogen (secondary N) is 2. The lowest BCUT2D eigenvalue weighted by Crippen LogP contribution is -2.56. The molecule has 19 heavy (non-hydrogen) atoms. The molecule has 2 atom stereocenters. The van der Waals surface area contributed by atoms with Crippen molar-refractivity contribution in [3.05, 3.63) is 0 Å². The van der Waals surface area contributed by atoms with Gasteiger partial charge in [0.2, 0.25) is 5.54 Å². The third-order valence-corrected chi connectivity index (χ3v) is 2.87. The molecule has 0 aromatic rings. The standard InChI is InChI=1S/C10H16F3N3O3/c1-3-14-4-6(17)5-16-7(18)9(2,10(11,12)13)15-8(16)19/h6,14,17H,3-5H2,1-2H3,(H,15,19). The third kappa shape index (κ3) is 2.98. The molecular weight excluding hydrogens is 267 g/mol. The molecule has 0 aliphatic carbocycles. The summed E-state index contributed by atoms with van der Waals surface area (Å²) in [5, 5.41) is 13.9. The van der Waals surface area contributed by atoms with E-state index in [0.29, 0.717) is 18.4 Å². The number of β-amino-alcohol motifs (C(OH)–C–C–N with tert-alkyl or cyclic N) is 1. The number of aliphatic hydroxyl groups excluding tert-OH is 1. The Morgan fingerprint density at radius 2 is 2.05 bits per heavy atom. The van der Waals surface area contributed by atoms with E-state index in [4.69, 9.17) is 0 Å². The molecule has 0 aromatic heterocycles. The van der Waals surface area contributed by atoms with Gasteiger partial charge in [0.15, 0.2) is 0 Å². The van der Waals surface area contributed by atoms with Gasteiger partial charge in [-0.3, -0.25) is 9.69 Å². The molecule has 0 radical (unpaired) electrons. The predicted octanol–water partition coefficient (Wildman–Crippen LogP) is -0.170. The lowest BCUT2D eigenvalue weighted by molar-refractivity contribution is -0.191. The molecule has 1 aliphatic heterocycles. The topological polar surface area (TPSA) is 81.7 Å².